The summed E-state index contributed by atoms with van der Waals surface area (Å²) >= 11 is 0. The average Bonchev–Trinajstić information content (AvgIpc) is 3.02. The number of nitrogens with zero attached hydrogens (tertiary/aromatic N) is 2. The summed E-state index contributed by atoms with van der Waals surface area (Å²) in [6.45, 7) is 3.46. The molecule has 3 rings (SSSR count). The average molecular weight is 323 g/mol. The maximum atomic E-state index is 11.6. The van der Waals surface area contributed by atoms with E-state index < -0.39 is 10.0 Å². The molecule has 2 atom stereocenters. The van der Waals surface area contributed by atoms with Crippen molar-refractivity contribution in [1.29, 1.82) is 0 Å². The Bertz CT molecular complexity index is 723. The Balaban J connectivity index is 1.82. The predicted molar refractivity (Wildman–Crippen MR) is 86.4 cm³/mol. The molecule has 1 saturated heterocycles. The van der Waals surface area contributed by atoms with Crippen LogP contribution in [0, 0.1) is 5.92 Å². The highest BCUT2D eigenvalue weighted by molar-refractivity contribution is 7.88. The zero-order chi connectivity index (χ0) is 15.7. The van der Waals surface area contributed by atoms with Gasteiger partial charge in [-0.05, 0) is 24.5 Å². The molecular formula is C15H21N3O3S. The SMILES string of the molecule is CCC[C@@H]1CN(c2nc3ccccc3o2)C[C@H]1NS(C)(=O)=O. The Morgan fingerprint density at radius 3 is 2.82 bits per heavy atom. The number of hydrogen-bond acceptors (Lipinski definition) is 5. The second kappa shape index (κ2) is 5.89. The van der Waals surface area contributed by atoms with Crippen LogP contribution in [0.5, 0.6) is 0 Å². The Kier molecular flexibility index (Phi) is 4.10. The topological polar surface area (TPSA) is 75.4 Å². The van der Waals surface area contributed by atoms with Crippen molar-refractivity contribution in [2.75, 3.05) is 24.2 Å². The van der Waals surface area contributed by atoms with Crippen LogP contribution in [-0.2, 0) is 10.0 Å². The van der Waals surface area contributed by atoms with Gasteiger partial charge in [0.05, 0.1) is 6.26 Å². The smallest absolute Gasteiger partial charge is 0.298 e. The third-order valence-corrected chi connectivity index (χ3v) is 4.75. The van der Waals surface area contributed by atoms with E-state index in [1.54, 1.807) is 0 Å². The normalized spacial score (nSPS) is 22.5. The number of hydrogen-bond donors (Lipinski definition) is 1. The number of oxazole rings is 1. The Morgan fingerprint density at radius 1 is 1.36 bits per heavy atom. The number of aromatic nitrogens is 1. The van der Waals surface area contributed by atoms with Crippen molar-refractivity contribution in [3.8, 4) is 0 Å². The number of nitrogens with one attached hydrogen (secondary N) is 1. The predicted octanol–water partition coefficient (Wildman–Crippen LogP) is 1.98. The fraction of sp³-hybridized carbons (Fsp3) is 0.533. The van der Waals surface area contributed by atoms with Crippen LogP contribution in [0.3, 0.4) is 0 Å². The minimum Gasteiger partial charge on any atom is -0.423 e. The third kappa shape index (κ3) is 3.25. The van der Waals surface area contributed by atoms with E-state index in [4.69, 9.17) is 4.42 Å². The molecule has 0 aliphatic carbocycles. The highest BCUT2D eigenvalue weighted by Gasteiger charge is 2.35. The second-order valence-corrected chi connectivity index (χ2v) is 7.69. The first kappa shape index (κ1) is 15.3. The fourth-order valence-electron chi connectivity index (χ4n) is 3.09. The molecular weight excluding hydrogens is 302 g/mol. The highest BCUT2D eigenvalue weighted by Crippen LogP contribution is 2.29. The van der Waals surface area contributed by atoms with Crippen molar-refractivity contribution in [3.63, 3.8) is 0 Å². The maximum absolute atomic E-state index is 11.6. The van der Waals surface area contributed by atoms with Gasteiger partial charge in [-0.3, -0.25) is 0 Å². The molecule has 1 fully saturated rings. The first-order valence-electron chi connectivity index (χ1n) is 7.54. The molecule has 7 heteroatoms. The van der Waals surface area contributed by atoms with Gasteiger partial charge in [0.2, 0.25) is 10.0 Å². The van der Waals surface area contributed by atoms with Crippen molar-refractivity contribution in [2.45, 2.75) is 25.8 Å². The lowest BCUT2D eigenvalue weighted by molar-refractivity contribution is 0.441. The molecule has 2 aromatic rings. The molecule has 0 radical (unpaired) electrons. The molecule has 1 aliphatic heterocycles. The van der Waals surface area contributed by atoms with Gasteiger partial charge in [0.1, 0.15) is 5.52 Å². The molecule has 120 valence electrons. The minimum atomic E-state index is -3.22. The summed E-state index contributed by atoms with van der Waals surface area (Å²) in [5, 5.41) is 0. The van der Waals surface area contributed by atoms with Crippen molar-refractivity contribution in [1.82, 2.24) is 9.71 Å². The maximum Gasteiger partial charge on any atom is 0.298 e. The van der Waals surface area contributed by atoms with Gasteiger partial charge in [0.15, 0.2) is 5.58 Å². The number of benzene rings is 1. The van der Waals surface area contributed by atoms with Crippen LogP contribution in [-0.4, -0.2) is 38.8 Å². The molecule has 0 spiro atoms. The van der Waals surface area contributed by atoms with Crippen molar-refractivity contribution in [2.24, 2.45) is 5.92 Å². The van der Waals surface area contributed by atoms with Gasteiger partial charge in [0, 0.05) is 19.1 Å². The minimum absolute atomic E-state index is 0.0926. The van der Waals surface area contributed by atoms with E-state index >= 15 is 0 Å². The molecule has 6 nitrogen and oxygen atoms in total. The lowest BCUT2D eigenvalue weighted by Crippen LogP contribution is -2.39. The highest BCUT2D eigenvalue weighted by atomic mass is 32.2. The van der Waals surface area contributed by atoms with E-state index in [0.717, 1.165) is 30.5 Å². The quantitative estimate of drug-likeness (QED) is 0.910. The molecule has 1 aliphatic rings. The van der Waals surface area contributed by atoms with E-state index in [0.29, 0.717) is 12.6 Å². The van der Waals surface area contributed by atoms with Crippen molar-refractivity contribution < 1.29 is 12.8 Å². The summed E-state index contributed by atoms with van der Waals surface area (Å²) in [7, 11) is -3.22. The standard InChI is InChI=1S/C15H21N3O3S/c1-3-6-11-9-18(10-13(11)17-22(2,19)20)15-16-12-7-4-5-8-14(12)21-15/h4-5,7-8,11,13,17H,3,6,9-10H2,1-2H3/t11-,13-/m1/s1. The summed E-state index contributed by atoms with van der Waals surface area (Å²) in [5.74, 6) is 0.273. The second-order valence-electron chi connectivity index (χ2n) is 5.91. The van der Waals surface area contributed by atoms with E-state index in [1.807, 2.05) is 29.2 Å². The molecule has 0 amide bonds. The number of anilines is 1. The first-order chi connectivity index (χ1) is 10.5. The molecule has 1 N–H and O–H groups in total. The molecule has 2 heterocycles. The summed E-state index contributed by atoms with van der Waals surface area (Å²) in [5.41, 5.74) is 1.58. The van der Waals surface area contributed by atoms with Gasteiger partial charge in [-0.1, -0.05) is 25.5 Å². The monoisotopic (exact) mass is 323 g/mol. The first-order valence-corrected chi connectivity index (χ1v) is 9.43. The summed E-state index contributed by atoms with van der Waals surface area (Å²) < 4.78 is 31.6. The van der Waals surface area contributed by atoms with Gasteiger partial charge in [-0.2, -0.15) is 4.98 Å². The lowest BCUT2D eigenvalue weighted by Gasteiger charge is -2.17. The van der Waals surface area contributed by atoms with Crippen molar-refractivity contribution in [3.05, 3.63) is 24.3 Å². The summed E-state index contributed by atoms with van der Waals surface area (Å²) in [6.07, 6.45) is 3.20. The zero-order valence-corrected chi connectivity index (χ0v) is 13.6. The number of fused-ring (bicyclic) bond motifs is 1. The Hall–Kier alpha value is -1.60. The van der Waals surface area contributed by atoms with Gasteiger partial charge in [-0.15, -0.1) is 0 Å². The van der Waals surface area contributed by atoms with Gasteiger partial charge < -0.3 is 9.32 Å². The number of para-hydroxylation sites is 2. The van der Waals surface area contributed by atoms with Crippen LogP contribution >= 0.6 is 0 Å². The largest absolute Gasteiger partial charge is 0.423 e. The zero-order valence-electron chi connectivity index (χ0n) is 12.8. The van der Waals surface area contributed by atoms with Crippen molar-refractivity contribution >= 4 is 27.1 Å². The fourth-order valence-corrected chi connectivity index (χ4v) is 3.91. The van der Waals surface area contributed by atoms with Gasteiger partial charge >= 0.3 is 0 Å². The summed E-state index contributed by atoms with van der Waals surface area (Å²) in [4.78, 5) is 6.53. The molecule has 0 bridgehead atoms. The van der Waals surface area contributed by atoms with Crippen LogP contribution in [0.15, 0.2) is 28.7 Å². The van der Waals surface area contributed by atoms with Crippen LogP contribution in [0.2, 0.25) is 0 Å². The van der Waals surface area contributed by atoms with Gasteiger partial charge in [-0.25, -0.2) is 13.1 Å². The van der Waals surface area contributed by atoms with E-state index in [1.165, 1.54) is 6.26 Å². The molecule has 1 aromatic heterocycles. The lowest BCUT2D eigenvalue weighted by atomic mass is 9.99. The number of rotatable bonds is 5. The van der Waals surface area contributed by atoms with Crippen LogP contribution in [0.4, 0.5) is 6.01 Å². The third-order valence-electron chi connectivity index (χ3n) is 4.02. The Labute approximate surface area is 130 Å². The van der Waals surface area contributed by atoms with E-state index in [-0.39, 0.29) is 12.0 Å². The van der Waals surface area contributed by atoms with E-state index in [9.17, 15) is 8.42 Å². The number of sulfonamides is 1. The van der Waals surface area contributed by atoms with Gasteiger partial charge in [0.25, 0.3) is 6.01 Å². The van der Waals surface area contributed by atoms with Crippen LogP contribution in [0.25, 0.3) is 11.1 Å². The Morgan fingerprint density at radius 2 is 2.14 bits per heavy atom. The van der Waals surface area contributed by atoms with E-state index in [2.05, 4.69) is 16.6 Å². The molecule has 0 unspecified atom stereocenters. The molecule has 22 heavy (non-hydrogen) atoms. The van der Waals surface area contributed by atoms with Crippen LogP contribution in [0.1, 0.15) is 19.8 Å². The molecule has 1 aromatic carbocycles. The summed E-state index contributed by atoms with van der Waals surface area (Å²) in [6, 6.07) is 8.11. The van der Waals surface area contributed by atoms with Crippen LogP contribution < -0.4 is 9.62 Å². The molecule has 0 saturated carbocycles.